The summed E-state index contributed by atoms with van der Waals surface area (Å²) in [5, 5.41) is 2.19. The van der Waals surface area contributed by atoms with Crippen molar-refractivity contribution >= 4 is 6.29 Å². The molecule has 0 aromatic carbocycles. The Kier molecular flexibility index (Phi) is 2.17. The monoisotopic (exact) mass is 167 g/mol. The van der Waals surface area contributed by atoms with Gasteiger partial charge in [0.2, 0.25) is 0 Å². The van der Waals surface area contributed by atoms with Crippen LogP contribution >= 0.6 is 0 Å². The Morgan fingerprint density at radius 3 is 2.27 bits per heavy atom. The number of rotatable bonds is 1. The van der Waals surface area contributed by atoms with Crippen LogP contribution in [-0.2, 0) is 4.79 Å². The van der Waals surface area contributed by atoms with Crippen LogP contribution in [0.3, 0.4) is 0 Å². The highest BCUT2D eigenvalue weighted by Crippen LogP contribution is 2.27. The Labute approximate surface area is 61.8 Å². The van der Waals surface area contributed by atoms with E-state index < -0.39 is 18.3 Å². The quantitative estimate of drug-likeness (QED) is 0.587. The van der Waals surface area contributed by atoms with E-state index in [2.05, 4.69) is 5.32 Å². The molecule has 1 aliphatic heterocycles. The summed E-state index contributed by atoms with van der Waals surface area (Å²) in [6.45, 7) is 0. The number of carbonyl (C=O) groups is 1. The predicted octanol–water partition coefficient (Wildman–Crippen LogP) is 0.868. The fraction of sp³-hybridized carbons (Fsp3) is 0.833. The molecule has 0 spiro atoms. The van der Waals surface area contributed by atoms with E-state index >= 15 is 0 Å². The normalized spacial score (nSPS) is 32.3. The molecule has 1 heterocycles. The van der Waals surface area contributed by atoms with Gasteiger partial charge in [-0.05, 0) is 12.8 Å². The Morgan fingerprint density at radius 2 is 2.00 bits per heavy atom. The molecule has 1 fully saturated rings. The van der Waals surface area contributed by atoms with Gasteiger partial charge in [-0.25, -0.2) is 0 Å². The summed E-state index contributed by atoms with van der Waals surface area (Å²) >= 11 is 0. The topological polar surface area (TPSA) is 29.1 Å². The second-order valence-electron chi connectivity index (χ2n) is 2.58. The molecule has 2 unspecified atom stereocenters. The first-order chi connectivity index (χ1) is 5.04. The summed E-state index contributed by atoms with van der Waals surface area (Å²) < 4.78 is 35.7. The third-order valence-corrected chi connectivity index (χ3v) is 1.74. The van der Waals surface area contributed by atoms with Crippen LogP contribution in [0.2, 0.25) is 0 Å². The number of hydrogen-bond donors (Lipinski definition) is 1. The van der Waals surface area contributed by atoms with Gasteiger partial charge in [-0.15, -0.1) is 0 Å². The zero-order chi connectivity index (χ0) is 8.48. The summed E-state index contributed by atoms with van der Waals surface area (Å²) in [4.78, 5) is 10.0. The van der Waals surface area contributed by atoms with E-state index in [-0.39, 0.29) is 12.8 Å². The molecule has 0 aromatic rings. The summed E-state index contributed by atoms with van der Waals surface area (Å²) in [7, 11) is 0. The zero-order valence-corrected chi connectivity index (χ0v) is 5.69. The molecule has 2 atom stereocenters. The molecular weight excluding hydrogens is 159 g/mol. The first kappa shape index (κ1) is 8.52. The molecule has 1 saturated heterocycles. The Morgan fingerprint density at radius 1 is 1.36 bits per heavy atom. The van der Waals surface area contributed by atoms with E-state index in [0.29, 0.717) is 6.29 Å². The van der Waals surface area contributed by atoms with Gasteiger partial charge in [0.05, 0.1) is 6.04 Å². The molecule has 64 valence electrons. The minimum Gasteiger partial charge on any atom is -0.302 e. The summed E-state index contributed by atoms with van der Waals surface area (Å²) in [6.07, 6.45) is -3.40. The van der Waals surface area contributed by atoms with Crippen molar-refractivity contribution < 1.29 is 18.0 Å². The van der Waals surface area contributed by atoms with Crippen molar-refractivity contribution in [3.05, 3.63) is 0 Å². The first-order valence-electron chi connectivity index (χ1n) is 3.32. The minimum absolute atomic E-state index is 0.00685. The maximum Gasteiger partial charge on any atom is 0.403 e. The van der Waals surface area contributed by atoms with Crippen LogP contribution in [0.1, 0.15) is 12.8 Å². The fourth-order valence-corrected chi connectivity index (χ4v) is 1.14. The van der Waals surface area contributed by atoms with E-state index in [1.807, 2.05) is 0 Å². The molecule has 0 radical (unpaired) electrons. The molecular formula is C6H8F3NO. The van der Waals surface area contributed by atoms with Crippen LogP contribution in [-0.4, -0.2) is 24.5 Å². The average molecular weight is 167 g/mol. The predicted molar refractivity (Wildman–Crippen MR) is 32.1 cm³/mol. The lowest BCUT2D eigenvalue weighted by molar-refractivity contribution is -0.152. The highest BCUT2D eigenvalue weighted by Gasteiger charge is 2.43. The SMILES string of the molecule is O=CC1CCC(C(F)(F)F)N1. The van der Waals surface area contributed by atoms with Gasteiger partial charge >= 0.3 is 6.18 Å². The number of carbonyl (C=O) groups excluding carboxylic acids is 1. The van der Waals surface area contributed by atoms with Gasteiger partial charge < -0.3 is 4.79 Å². The van der Waals surface area contributed by atoms with Gasteiger partial charge in [0.15, 0.2) is 0 Å². The van der Waals surface area contributed by atoms with Crippen LogP contribution in [0, 0.1) is 0 Å². The molecule has 0 saturated carbocycles. The van der Waals surface area contributed by atoms with E-state index in [4.69, 9.17) is 0 Å². The second-order valence-corrected chi connectivity index (χ2v) is 2.58. The average Bonchev–Trinajstić information content (AvgIpc) is 2.32. The van der Waals surface area contributed by atoms with Crippen molar-refractivity contribution in [1.82, 2.24) is 5.32 Å². The maximum absolute atomic E-state index is 11.9. The number of halogens is 3. The van der Waals surface area contributed by atoms with Crippen molar-refractivity contribution in [3.8, 4) is 0 Å². The van der Waals surface area contributed by atoms with Gasteiger partial charge in [0.25, 0.3) is 0 Å². The highest BCUT2D eigenvalue weighted by molar-refractivity contribution is 5.58. The zero-order valence-electron chi connectivity index (χ0n) is 5.69. The largest absolute Gasteiger partial charge is 0.403 e. The number of aldehydes is 1. The van der Waals surface area contributed by atoms with Crippen LogP contribution in [0.5, 0.6) is 0 Å². The number of alkyl halides is 3. The summed E-state index contributed by atoms with van der Waals surface area (Å²) in [5.74, 6) is 0. The third kappa shape index (κ3) is 1.92. The first-order valence-corrected chi connectivity index (χ1v) is 3.32. The Bertz CT molecular complexity index is 156. The van der Waals surface area contributed by atoms with Gasteiger partial charge in [0.1, 0.15) is 12.3 Å². The van der Waals surface area contributed by atoms with Gasteiger partial charge in [-0.1, -0.05) is 0 Å². The Balaban J connectivity index is 2.48. The lowest BCUT2D eigenvalue weighted by atomic mass is 10.2. The lowest BCUT2D eigenvalue weighted by Gasteiger charge is -2.14. The van der Waals surface area contributed by atoms with E-state index in [1.54, 1.807) is 0 Å². The van der Waals surface area contributed by atoms with E-state index in [1.165, 1.54) is 0 Å². The molecule has 1 N–H and O–H groups in total. The lowest BCUT2D eigenvalue weighted by Crippen LogP contribution is -2.40. The molecule has 0 aliphatic carbocycles. The van der Waals surface area contributed by atoms with Crippen molar-refractivity contribution in [1.29, 1.82) is 0 Å². The standard InChI is InChI=1S/C6H8F3NO/c7-6(8,9)5-2-1-4(3-11)10-5/h3-5,10H,1-2H2. The molecule has 0 bridgehead atoms. The van der Waals surface area contributed by atoms with Crippen LogP contribution < -0.4 is 5.32 Å². The van der Waals surface area contributed by atoms with Crippen molar-refractivity contribution in [2.45, 2.75) is 31.1 Å². The van der Waals surface area contributed by atoms with Gasteiger partial charge in [-0.2, -0.15) is 13.2 Å². The molecule has 1 aliphatic rings. The van der Waals surface area contributed by atoms with Crippen LogP contribution in [0.15, 0.2) is 0 Å². The van der Waals surface area contributed by atoms with E-state index in [0.717, 1.165) is 0 Å². The molecule has 2 nitrogen and oxygen atoms in total. The number of nitrogens with one attached hydrogen (secondary N) is 1. The van der Waals surface area contributed by atoms with Crippen molar-refractivity contribution in [3.63, 3.8) is 0 Å². The van der Waals surface area contributed by atoms with E-state index in [9.17, 15) is 18.0 Å². The maximum atomic E-state index is 11.9. The van der Waals surface area contributed by atoms with Crippen LogP contribution in [0.25, 0.3) is 0 Å². The van der Waals surface area contributed by atoms with Gasteiger partial charge in [-0.3, -0.25) is 5.32 Å². The molecule has 5 heteroatoms. The third-order valence-electron chi connectivity index (χ3n) is 1.74. The molecule has 11 heavy (non-hydrogen) atoms. The summed E-state index contributed by atoms with van der Waals surface area (Å²) in [5.41, 5.74) is 0. The van der Waals surface area contributed by atoms with Gasteiger partial charge in [0, 0.05) is 0 Å². The van der Waals surface area contributed by atoms with Crippen molar-refractivity contribution in [2.24, 2.45) is 0 Å². The highest BCUT2D eigenvalue weighted by atomic mass is 19.4. The second kappa shape index (κ2) is 2.81. The van der Waals surface area contributed by atoms with Crippen molar-refractivity contribution in [2.75, 3.05) is 0 Å². The Hall–Kier alpha value is -0.580. The number of hydrogen-bond acceptors (Lipinski definition) is 2. The molecule has 1 rings (SSSR count). The fourth-order valence-electron chi connectivity index (χ4n) is 1.14. The summed E-state index contributed by atoms with van der Waals surface area (Å²) in [6, 6.07) is -2.10. The smallest absolute Gasteiger partial charge is 0.302 e. The van der Waals surface area contributed by atoms with Crippen LogP contribution in [0.4, 0.5) is 13.2 Å². The molecule has 0 amide bonds. The minimum atomic E-state index is -4.21. The molecule has 0 aromatic heterocycles.